The second kappa shape index (κ2) is 8.52. The van der Waals surface area contributed by atoms with Crippen molar-refractivity contribution in [2.24, 2.45) is 4.99 Å². The molecule has 0 unspecified atom stereocenters. The van der Waals surface area contributed by atoms with Crippen molar-refractivity contribution in [2.75, 3.05) is 0 Å². The van der Waals surface area contributed by atoms with Crippen molar-refractivity contribution in [1.29, 1.82) is 0 Å². The maximum Gasteiger partial charge on any atom is 0.141 e. The van der Waals surface area contributed by atoms with Gasteiger partial charge in [-0.2, -0.15) is 5.10 Å². The van der Waals surface area contributed by atoms with Gasteiger partial charge >= 0.3 is 0 Å². The molecule has 3 aromatic carbocycles. The summed E-state index contributed by atoms with van der Waals surface area (Å²) in [5.74, 6) is 1.48. The van der Waals surface area contributed by atoms with E-state index in [1.807, 2.05) is 79.7 Å². The second-order valence-corrected chi connectivity index (χ2v) is 7.09. The Morgan fingerprint density at radius 1 is 0.897 bits per heavy atom. The van der Waals surface area contributed by atoms with Gasteiger partial charge in [0.2, 0.25) is 0 Å². The molecule has 0 spiro atoms. The molecule has 1 heterocycles. The van der Waals surface area contributed by atoms with Crippen LogP contribution in [0.1, 0.15) is 11.3 Å². The van der Waals surface area contributed by atoms with Crippen molar-refractivity contribution in [3.8, 4) is 17.2 Å². The molecule has 0 N–H and O–H groups in total. The van der Waals surface area contributed by atoms with E-state index in [2.05, 4.69) is 10.1 Å². The fraction of sp³-hybridized carbons (Fsp3) is 0.0435. The van der Waals surface area contributed by atoms with E-state index in [0.29, 0.717) is 15.9 Å². The average Bonchev–Trinajstić information content (AvgIpc) is 3.01. The summed E-state index contributed by atoms with van der Waals surface area (Å²) in [5, 5.41) is 5.54. The average molecular weight is 422 g/mol. The SMILES string of the molecule is Cc1nn(-c2ccccc2Cl)c(Cl)c1C=Nc1cccc(Oc2ccccc2)c1. The molecule has 6 heteroatoms. The van der Waals surface area contributed by atoms with E-state index in [1.54, 1.807) is 17.0 Å². The number of para-hydroxylation sites is 2. The molecule has 144 valence electrons. The second-order valence-electron chi connectivity index (χ2n) is 6.32. The molecule has 0 saturated heterocycles. The first-order chi connectivity index (χ1) is 14.1. The molecule has 0 aliphatic rings. The number of benzene rings is 3. The fourth-order valence-corrected chi connectivity index (χ4v) is 3.36. The minimum Gasteiger partial charge on any atom is -0.457 e. The first-order valence-electron chi connectivity index (χ1n) is 8.99. The molecule has 0 bridgehead atoms. The van der Waals surface area contributed by atoms with Crippen molar-refractivity contribution in [1.82, 2.24) is 9.78 Å². The van der Waals surface area contributed by atoms with Gasteiger partial charge in [0.15, 0.2) is 0 Å². The van der Waals surface area contributed by atoms with Crippen LogP contribution in [-0.4, -0.2) is 16.0 Å². The van der Waals surface area contributed by atoms with E-state index in [0.717, 1.165) is 28.4 Å². The Balaban J connectivity index is 1.60. The number of aliphatic imine (C=N–C) groups is 1. The monoisotopic (exact) mass is 421 g/mol. The maximum atomic E-state index is 6.57. The van der Waals surface area contributed by atoms with E-state index in [-0.39, 0.29) is 0 Å². The van der Waals surface area contributed by atoms with E-state index in [9.17, 15) is 0 Å². The van der Waals surface area contributed by atoms with E-state index >= 15 is 0 Å². The molecule has 4 aromatic rings. The van der Waals surface area contributed by atoms with Gasteiger partial charge in [-0.1, -0.05) is 59.6 Å². The Hall–Kier alpha value is -3.08. The standard InChI is InChI=1S/C23H17Cl2N3O/c1-16-20(23(25)28(27-16)22-13-6-5-12-21(22)24)15-26-17-8-7-11-19(14-17)29-18-9-3-2-4-10-18/h2-15H,1H3. The lowest BCUT2D eigenvalue weighted by Gasteiger charge is -2.06. The van der Waals surface area contributed by atoms with Crippen molar-refractivity contribution < 1.29 is 4.74 Å². The zero-order valence-corrected chi connectivity index (χ0v) is 17.1. The summed E-state index contributed by atoms with van der Waals surface area (Å²) in [5.41, 5.74) is 2.97. The Kier molecular flexibility index (Phi) is 5.65. The number of hydrogen-bond acceptors (Lipinski definition) is 3. The van der Waals surface area contributed by atoms with Crippen LogP contribution in [-0.2, 0) is 0 Å². The highest BCUT2D eigenvalue weighted by Gasteiger charge is 2.14. The third kappa shape index (κ3) is 4.34. The van der Waals surface area contributed by atoms with Crippen LogP contribution in [0.4, 0.5) is 5.69 Å². The molecule has 29 heavy (non-hydrogen) atoms. The molecule has 0 aliphatic heterocycles. The van der Waals surface area contributed by atoms with Crippen molar-refractivity contribution in [3.05, 3.63) is 100 Å². The third-order valence-electron chi connectivity index (χ3n) is 4.27. The highest BCUT2D eigenvalue weighted by atomic mass is 35.5. The van der Waals surface area contributed by atoms with Crippen LogP contribution >= 0.6 is 23.2 Å². The van der Waals surface area contributed by atoms with Gasteiger partial charge in [-0.15, -0.1) is 0 Å². The van der Waals surface area contributed by atoms with Gasteiger partial charge in [0.25, 0.3) is 0 Å². The number of hydrogen-bond donors (Lipinski definition) is 0. The van der Waals surface area contributed by atoms with Crippen molar-refractivity contribution >= 4 is 35.1 Å². The van der Waals surface area contributed by atoms with Crippen LogP contribution < -0.4 is 4.74 Å². The molecule has 0 saturated carbocycles. The molecule has 0 radical (unpaired) electrons. The Morgan fingerprint density at radius 2 is 1.62 bits per heavy atom. The predicted molar refractivity (Wildman–Crippen MR) is 119 cm³/mol. The molecule has 0 fully saturated rings. The van der Waals surface area contributed by atoms with Gasteiger partial charge in [-0.3, -0.25) is 4.99 Å². The van der Waals surface area contributed by atoms with Crippen LogP contribution in [0.5, 0.6) is 11.5 Å². The number of ether oxygens (including phenoxy) is 1. The molecule has 4 rings (SSSR count). The van der Waals surface area contributed by atoms with Gasteiger partial charge in [0, 0.05) is 12.3 Å². The van der Waals surface area contributed by atoms with E-state index in [4.69, 9.17) is 27.9 Å². The first-order valence-corrected chi connectivity index (χ1v) is 9.74. The number of rotatable bonds is 5. The molecule has 0 atom stereocenters. The highest BCUT2D eigenvalue weighted by Crippen LogP contribution is 2.28. The third-order valence-corrected chi connectivity index (χ3v) is 4.95. The summed E-state index contributed by atoms with van der Waals surface area (Å²) in [6, 6.07) is 24.6. The Labute approximate surface area is 179 Å². The predicted octanol–water partition coefficient (Wildman–Crippen LogP) is 7.03. The number of nitrogens with zero attached hydrogens (tertiary/aromatic N) is 3. The molecule has 4 nitrogen and oxygen atoms in total. The van der Waals surface area contributed by atoms with Crippen LogP contribution in [0.25, 0.3) is 5.69 Å². The summed E-state index contributed by atoms with van der Waals surface area (Å²) >= 11 is 12.8. The number of aryl methyl sites for hydroxylation is 1. The van der Waals surface area contributed by atoms with Crippen LogP contribution in [0.2, 0.25) is 10.2 Å². The largest absolute Gasteiger partial charge is 0.457 e. The lowest BCUT2D eigenvalue weighted by Crippen LogP contribution is -1.97. The minimum absolute atomic E-state index is 0.455. The number of halogens is 2. The smallest absolute Gasteiger partial charge is 0.141 e. The van der Waals surface area contributed by atoms with Gasteiger partial charge in [0.05, 0.1) is 27.7 Å². The first kappa shape index (κ1) is 19.2. The fourth-order valence-electron chi connectivity index (χ4n) is 2.83. The molecule has 1 aromatic heterocycles. The van der Waals surface area contributed by atoms with Crippen molar-refractivity contribution in [3.63, 3.8) is 0 Å². The van der Waals surface area contributed by atoms with Gasteiger partial charge in [-0.05, 0) is 43.3 Å². The van der Waals surface area contributed by atoms with Gasteiger partial charge in [-0.25, -0.2) is 4.68 Å². The quantitative estimate of drug-likeness (QED) is 0.324. The summed E-state index contributed by atoms with van der Waals surface area (Å²) < 4.78 is 7.48. The summed E-state index contributed by atoms with van der Waals surface area (Å²) in [4.78, 5) is 4.55. The van der Waals surface area contributed by atoms with E-state index < -0.39 is 0 Å². The summed E-state index contributed by atoms with van der Waals surface area (Å²) in [6.07, 6.45) is 1.71. The summed E-state index contributed by atoms with van der Waals surface area (Å²) in [6.45, 7) is 1.88. The molecular formula is C23H17Cl2N3O. The topological polar surface area (TPSA) is 39.4 Å². The van der Waals surface area contributed by atoms with E-state index in [1.165, 1.54) is 0 Å². The lowest BCUT2D eigenvalue weighted by atomic mass is 10.2. The van der Waals surface area contributed by atoms with Gasteiger partial charge < -0.3 is 4.74 Å². The number of aromatic nitrogens is 2. The minimum atomic E-state index is 0.455. The molecular weight excluding hydrogens is 405 g/mol. The zero-order valence-electron chi connectivity index (χ0n) is 15.6. The maximum absolute atomic E-state index is 6.57. The summed E-state index contributed by atoms with van der Waals surface area (Å²) in [7, 11) is 0. The Bertz CT molecular complexity index is 1170. The normalized spacial score (nSPS) is 11.1. The molecule has 0 amide bonds. The van der Waals surface area contributed by atoms with Crippen LogP contribution in [0.3, 0.4) is 0 Å². The van der Waals surface area contributed by atoms with Crippen LogP contribution in [0, 0.1) is 6.92 Å². The van der Waals surface area contributed by atoms with Gasteiger partial charge in [0.1, 0.15) is 16.7 Å². The van der Waals surface area contributed by atoms with Crippen molar-refractivity contribution in [2.45, 2.75) is 6.92 Å². The van der Waals surface area contributed by atoms with Crippen LogP contribution in [0.15, 0.2) is 83.9 Å². The molecule has 0 aliphatic carbocycles. The highest BCUT2D eigenvalue weighted by molar-refractivity contribution is 6.34. The Morgan fingerprint density at radius 3 is 2.41 bits per heavy atom. The zero-order chi connectivity index (χ0) is 20.2. The lowest BCUT2D eigenvalue weighted by molar-refractivity contribution is 0.483.